The fourth-order valence-corrected chi connectivity index (χ4v) is 4.35. The average Bonchev–Trinajstić information content (AvgIpc) is 2.69. The van der Waals surface area contributed by atoms with Gasteiger partial charge in [-0.25, -0.2) is 0 Å². The Labute approximate surface area is 170 Å². The van der Waals surface area contributed by atoms with Gasteiger partial charge in [0.25, 0.3) is 10.1 Å². The van der Waals surface area contributed by atoms with Crippen molar-refractivity contribution in [1.29, 1.82) is 0 Å². The van der Waals surface area contributed by atoms with Crippen LogP contribution in [0.25, 0.3) is 0 Å². The van der Waals surface area contributed by atoms with Crippen molar-refractivity contribution < 1.29 is 22.9 Å². The maximum absolute atomic E-state index is 12.7. The summed E-state index contributed by atoms with van der Waals surface area (Å²) in [5.41, 5.74) is 2.95. The van der Waals surface area contributed by atoms with Crippen molar-refractivity contribution in [2.75, 3.05) is 0 Å². The second kappa shape index (κ2) is 8.29. The maximum Gasteiger partial charge on any atom is 0.276 e. The minimum Gasteiger partial charge on any atom is -0.380 e. The van der Waals surface area contributed by atoms with Gasteiger partial charge in [-0.05, 0) is 36.1 Å². The minimum atomic E-state index is -4.48. The summed E-state index contributed by atoms with van der Waals surface area (Å²) < 4.78 is 34.3. The molecule has 0 aromatic heterocycles. The second-order valence-electron chi connectivity index (χ2n) is 7.05. The molecule has 5 nitrogen and oxygen atoms in total. The predicted octanol–water partition coefficient (Wildman–Crippen LogP) is 4.20. The van der Waals surface area contributed by atoms with Crippen LogP contribution in [0.3, 0.4) is 0 Å². The number of hydrogen-bond donors (Lipinski definition) is 2. The van der Waals surface area contributed by atoms with E-state index in [-0.39, 0.29) is 5.56 Å². The average molecular weight is 410 g/mol. The van der Waals surface area contributed by atoms with Crippen LogP contribution in [0.15, 0.2) is 72.8 Å². The molecule has 3 aromatic carbocycles. The molecule has 2 N–H and O–H groups in total. The third-order valence-electron chi connectivity index (χ3n) is 4.89. The predicted molar refractivity (Wildman–Crippen MR) is 111 cm³/mol. The van der Waals surface area contributed by atoms with E-state index < -0.39 is 27.3 Å². The molecule has 0 aliphatic rings. The van der Waals surface area contributed by atoms with Crippen LogP contribution in [0.1, 0.15) is 49.5 Å². The van der Waals surface area contributed by atoms with Gasteiger partial charge in [0.05, 0.1) is 0 Å². The molecular weight excluding hydrogens is 388 g/mol. The molecule has 0 saturated heterocycles. The number of hydrogen-bond acceptors (Lipinski definition) is 4. The zero-order valence-corrected chi connectivity index (χ0v) is 16.9. The zero-order valence-electron chi connectivity index (χ0n) is 16.1. The molecule has 0 spiro atoms. The fraction of sp³-hybridized carbons (Fsp3) is 0.174. The molecule has 0 saturated carbocycles. The van der Waals surface area contributed by atoms with Gasteiger partial charge < -0.3 is 5.11 Å². The Hall–Kier alpha value is -2.80. The number of benzene rings is 3. The highest BCUT2D eigenvalue weighted by Gasteiger charge is 2.30. The highest BCUT2D eigenvalue weighted by molar-refractivity contribution is 7.86. The molecule has 6 heteroatoms. The van der Waals surface area contributed by atoms with Crippen LogP contribution in [0, 0.1) is 13.8 Å². The van der Waals surface area contributed by atoms with E-state index in [1.54, 1.807) is 73.7 Å². The van der Waals surface area contributed by atoms with E-state index in [4.69, 9.17) is 0 Å². The van der Waals surface area contributed by atoms with Crippen molar-refractivity contribution in [3.05, 3.63) is 106 Å². The van der Waals surface area contributed by atoms with Crippen LogP contribution in [-0.4, -0.2) is 23.9 Å². The van der Waals surface area contributed by atoms with Crippen LogP contribution >= 0.6 is 0 Å². The normalized spacial score (nSPS) is 13.7. The summed E-state index contributed by atoms with van der Waals surface area (Å²) in [5.74, 6) is -0.483. The number of Topliss-reactive ketones (excluding diaryl/α,β-unsaturated/α-hetero) is 1. The summed E-state index contributed by atoms with van der Waals surface area (Å²) in [6.07, 6.45) is -1.45. The summed E-state index contributed by atoms with van der Waals surface area (Å²) in [6.45, 7) is 3.62. The third-order valence-corrected chi connectivity index (χ3v) is 6.01. The second-order valence-corrected chi connectivity index (χ2v) is 8.56. The number of aryl methyl sites for hydroxylation is 2. The van der Waals surface area contributed by atoms with Gasteiger partial charge in [-0.15, -0.1) is 0 Å². The molecule has 2 unspecified atom stereocenters. The SMILES string of the molecule is Cc1ccc(C(=O)C(O)c2ccc(C)c(C(c3ccccc3)S(=O)(=O)O)c2)cc1. The molecule has 0 heterocycles. The van der Waals surface area contributed by atoms with Gasteiger partial charge >= 0.3 is 0 Å². The Morgan fingerprint density at radius 3 is 2.07 bits per heavy atom. The van der Waals surface area contributed by atoms with E-state index >= 15 is 0 Å². The topological polar surface area (TPSA) is 91.7 Å². The van der Waals surface area contributed by atoms with E-state index in [2.05, 4.69) is 0 Å². The number of carbonyl (C=O) groups excluding carboxylic acids is 1. The lowest BCUT2D eigenvalue weighted by Crippen LogP contribution is -2.17. The summed E-state index contributed by atoms with van der Waals surface area (Å²) >= 11 is 0. The number of aliphatic hydroxyl groups excluding tert-OH is 1. The van der Waals surface area contributed by atoms with Crippen molar-refractivity contribution in [3.63, 3.8) is 0 Å². The lowest BCUT2D eigenvalue weighted by Gasteiger charge is -2.19. The van der Waals surface area contributed by atoms with Gasteiger partial charge in [0.2, 0.25) is 0 Å². The molecule has 0 aliphatic carbocycles. The Morgan fingerprint density at radius 2 is 1.48 bits per heavy atom. The smallest absolute Gasteiger partial charge is 0.276 e. The van der Waals surface area contributed by atoms with Crippen LogP contribution in [0.5, 0.6) is 0 Å². The first-order valence-corrected chi connectivity index (χ1v) is 10.6. The fourth-order valence-electron chi connectivity index (χ4n) is 3.28. The van der Waals surface area contributed by atoms with Gasteiger partial charge in [0, 0.05) is 5.56 Å². The molecular formula is C23H22O5S. The largest absolute Gasteiger partial charge is 0.380 e. The summed E-state index contributed by atoms with van der Waals surface area (Å²) in [6, 6.07) is 19.9. The Bertz CT molecular complexity index is 1120. The first-order chi connectivity index (χ1) is 13.7. The molecule has 3 aromatic rings. The van der Waals surface area contributed by atoms with Crippen molar-refractivity contribution >= 4 is 15.9 Å². The summed E-state index contributed by atoms with van der Waals surface area (Å²) in [4.78, 5) is 12.7. The van der Waals surface area contributed by atoms with Crippen molar-refractivity contribution in [3.8, 4) is 0 Å². The number of rotatable bonds is 6. The van der Waals surface area contributed by atoms with Gasteiger partial charge in [-0.3, -0.25) is 9.35 Å². The highest BCUT2D eigenvalue weighted by atomic mass is 32.2. The molecule has 0 fully saturated rings. The van der Waals surface area contributed by atoms with E-state index in [0.29, 0.717) is 22.3 Å². The summed E-state index contributed by atoms with van der Waals surface area (Å²) in [7, 11) is -4.48. The molecule has 2 atom stereocenters. The van der Waals surface area contributed by atoms with E-state index in [9.17, 15) is 22.9 Å². The number of ketones is 1. The maximum atomic E-state index is 12.7. The monoisotopic (exact) mass is 410 g/mol. The lowest BCUT2D eigenvalue weighted by atomic mass is 9.93. The number of carbonyl (C=O) groups is 1. The van der Waals surface area contributed by atoms with Gasteiger partial charge in [-0.1, -0.05) is 78.4 Å². The van der Waals surface area contributed by atoms with Crippen LogP contribution < -0.4 is 0 Å². The zero-order chi connectivity index (χ0) is 21.2. The van der Waals surface area contributed by atoms with Gasteiger partial charge in [0.15, 0.2) is 5.78 Å². The van der Waals surface area contributed by atoms with Crippen LogP contribution in [0.2, 0.25) is 0 Å². The van der Waals surface area contributed by atoms with Crippen molar-refractivity contribution in [1.82, 2.24) is 0 Å². The minimum absolute atomic E-state index is 0.265. The molecule has 29 heavy (non-hydrogen) atoms. The standard InChI is InChI=1S/C23H22O5S/c1-15-8-11-17(12-9-15)21(24)22(25)19-13-10-16(2)20(14-19)23(29(26,27)28)18-6-4-3-5-7-18/h3-14,22-23,25H,1-2H3,(H,26,27,28). The number of aliphatic hydroxyl groups is 1. The van der Waals surface area contributed by atoms with Gasteiger partial charge in [-0.2, -0.15) is 8.42 Å². The third kappa shape index (κ3) is 4.62. The van der Waals surface area contributed by atoms with Crippen LogP contribution in [0.4, 0.5) is 0 Å². The molecule has 0 aliphatic heterocycles. The van der Waals surface area contributed by atoms with Crippen molar-refractivity contribution in [2.45, 2.75) is 25.2 Å². The first-order valence-electron chi connectivity index (χ1n) is 9.09. The molecule has 0 amide bonds. The quantitative estimate of drug-likeness (QED) is 0.469. The molecule has 150 valence electrons. The molecule has 3 rings (SSSR count). The van der Waals surface area contributed by atoms with Crippen LogP contribution in [-0.2, 0) is 10.1 Å². The first kappa shape index (κ1) is 20.9. The van der Waals surface area contributed by atoms with E-state index in [1.165, 1.54) is 6.07 Å². The Balaban J connectivity index is 2.05. The van der Waals surface area contributed by atoms with Crippen molar-refractivity contribution in [2.24, 2.45) is 0 Å². The Kier molecular flexibility index (Phi) is 5.98. The van der Waals surface area contributed by atoms with Gasteiger partial charge in [0.1, 0.15) is 11.4 Å². The Morgan fingerprint density at radius 1 is 0.862 bits per heavy atom. The molecule has 0 bridgehead atoms. The van der Waals surface area contributed by atoms with E-state index in [1.807, 2.05) is 6.92 Å². The van der Waals surface area contributed by atoms with E-state index in [0.717, 1.165) is 5.56 Å². The highest BCUT2D eigenvalue weighted by Crippen LogP contribution is 2.33. The molecule has 0 radical (unpaired) electrons. The lowest BCUT2D eigenvalue weighted by molar-refractivity contribution is 0.0747. The summed E-state index contributed by atoms with van der Waals surface area (Å²) in [5, 5.41) is 9.31.